The Hall–Kier alpha value is -0.620. The minimum Gasteiger partial charge on any atom is -0.322 e. The maximum absolute atomic E-state index is 12.7. The Kier molecular flexibility index (Phi) is 3.36. The van der Waals surface area contributed by atoms with Crippen LogP contribution in [0, 0.1) is 5.92 Å². The van der Waals surface area contributed by atoms with E-state index in [0.717, 1.165) is 25.7 Å². The molecule has 0 aromatic heterocycles. The van der Waals surface area contributed by atoms with Gasteiger partial charge in [-0.05, 0) is 38.5 Å². The number of carbonyl (C=O) groups is 1. The van der Waals surface area contributed by atoms with Crippen LogP contribution in [-0.4, -0.2) is 49.0 Å². The van der Waals surface area contributed by atoms with E-state index >= 15 is 0 Å². The van der Waals surface area contributed by atoms with Gasteiger partial charge in [0.05, 0.1) is 17.5 Å². The summed E-state index contributed by atoms with van der Waals surface area (Å²) in [4.78, 5) is 14.5. The van der Waals surface area contributed by atoms with E-state index in [1.807, 2.05) is 11.8 Å². The van der Waals surface area contributed by atoms with Crippen LogP contribution in [0.1, 0.15) is 45.4 Å². The van der Waals surface area contributed by atoms with E-state index in [4.69, 9.17) is 0 Å². The van der Waals surface area contributed by atoms with Gasteiger partial charge >= 0.3 is 0 Å². The van der Waals surface area contributed by atoms with E-state index in [1.54, 1.807) is 0 Å². The van der Waals surface area contributed by atoms with Gasteiger partial charge in [-0.25, -0.2) is 8.42 Å². The second kappa shape index (κ2) is 4.70. The van der Waals surface area contributed by atoms with Gasteiger partial charge in [-0.15, -0.1) is 0 Å². The molecule has 3 aliphatic rings. The van der Waals surface area contributed by atoms with Crippen molar-refractivity contribution in [2.24, 2.45) is 5.92 Å². The molecule has 2 unspecified atom stereocenters. The third-order valence-corrected chi connectivity index (χ3v) is 6.07. The highest BCUT2D eigenvalue weighted by Crippen LogP contribution is 2.46. The highest BCUT2D eigenvalue weighted by Gasteiger charge is 2.61. The SMILES string of the molecule is CC(CS(C)(=O)=O)N1C(=O)C2(CC2)NC1C1CCCC1. The number of sulfone groups is 1. The molecule has 0 aromatic carbocycles. The van der Waals surface area contributed by atoms with Gasteiger partial charge in [0.15, 0.2) is 0 Å². The van der Waals surface area contributed by atoms with Crippen LogP contribution in [0.4, 0.5) is 0 Å². The van der Waals surface area contributed by atoms with Crippen LogP contribution in [0.2, 0.25) is 0 Å². The molecular formula is C14H24N2O3S. The standard InChI is InChI=1S/C14H24N2O3S/c1-10(9-20(2,18)19)16-12(11-5-3-4-6-11)15-14(7-8-14)13(16)17/h10-12,15H,3-9H2,1-2H3. The van der Waals surface area contributed by atoms with Crippen molar-refractivity contribution >= 4 is 15.7 Å². The number of nitrogens with one attached hydrogen (secondary N) is 1. The molecule has 3 rings (SSSR count). The lowest BCUT2D eigenvalue weighted by atomic mass is 10.0. The summed E-state index contributed by atoms with van der Waals surface area (Å²) in [6.45, 7) is 1.87. The van der Waals surface area contributed by atoms with Crippen LogP contribution in [-0.2, 0) is 14.6 Å². The minimum atomic E-state index is -3.07. The summed E-state index contributed by atoms with van der Waals surface area (Å²) >= 11 is 0. The Balaban J connectivity index is 1.82. The number of carbonyl (C=O) groups excluding carboxylic acids is 1. The average molecular weight is 300 g/mol. The molecule has 2 atom stereocenters. The first-order valence-electron chi connectivity index (χ1n) is 7.61. The second-order valence-corrected chi connectivity index (χ2v) is 9.05. The van der Waals surface area contributed by atoms with E-state index < -0.39 is 9.84 Å². The third-order valence-electron chi connectivity index (χ3n) is 4.98. The fourth-order valence-corrected chi connectivity index (χ4v) is 4.92. The van der Waals surface area contributed by atoms with E-state index in [9.17, 15) is 13.2 Å². The average Bonchev–Trinajstić information content (AvgIpc) is 2.81. The smallest absolute Gasteiger partial charge is 0.244 e. The molecule has 1 aliphatic heterocycles. The largest absolute Gasteiger partial charge is 0.322 e. The van der Waals surface area contributed by atoms with Crippen molar-refractivity contribution in [1.29, 1.82) is 0 Å². The maximum atomic E-state index is 12.7. The minimum absolute atomic E-state index is 0.0456. The van der Waals surface area contributed by atoms with Crippen molar-refractivity contribution in [2.45, 2.75) is 63.2 Å². The Labute approximate surface area is 121 Å². The molecule has 6 heteroatoms. The normalized spacial score (nSPS) is 31.2. The van der Waals surface area contributed by atoms with Crippen molar-refractivity contribution in [3.05, 3.63) is 0 Å². The van der Waals surface area contributed by atoms with Crippen LogP contribution in [0.5, 0.6) is 0 Å². The number of hydrogen-bond donors (Lipinski definition) is 1. The second-order valence-electron chi connectivity index (χ2n) is 6.87. The lowest BCUT2D eigenvalue weighted by Crippen LogP contribution is -2.49. The van der Waals surface area contributed by atoms with Crippen LogP contribution in [0.3, 0.4) is 0 Å². The zero-order valence-electron chi connectivity index (χ0n) is 12.3. The van der Waals surface area contributed by atoms with Crippen molar-refractivity contribution in [3.63, 3.8) is 0 Å². The molecule has 2 aliphatic carbocycles. The van der Waals surface area contributed by atoms with Crippen molar-refractivity contribution in [1.82, 2.24) is 10.2 Å². The van der Waals surface area contributed by atoms with Gasteiger partial charge in [-0.2, -0.15) is 0 Å². The lowest BCUT2D eigenvalue weighted by Gasteiger charge is -2.33. The quantitative estimate of drug-likeness (QED) is 0.838. The summed E-state index contributed by atoms with van der Waals surface area (Å²) in [6, 6.07) is -0.240. The van der Waals surface area contributed by atoms with Crippen LogP contribution < -0.4 is 5.32 Å². The number of hydrogen-bond acceptors (Lipinski definition) is 4. The molecule has 0 radical (unpaired) electrons. The summed E-state index contributed by atoms with van der Waals surface area (Å²) in [6.07, 6.45) is 7.82. The number of rotatable bonds is 4. The summed E-state index contributed by atoms with van der Waals surface area (Å²) in [7, 11) is -3.07. The van der Waals surface area contributed by atoms with Gasteiger partial charge < -0.3 is 4.90 Å². The fourth-order valence-electron chi connectivity index (χ4n) is 3.88. The first kappa shape index (κ1) is 14.3. The van der Waals surface area contributed by atoms with Gasteiger partial charge in [0.25, 0.3) is 0 Å². The summed E-state index contributed by atoms with van der Waals surface area (Å²) in [5.41, 5.74) is -0.348. The van der Waals surface area contributed by atoms with E-state index in [1.165, 1.54) is 19.1 Å². The first-order chi connectivity index (χ1) is 9.32. The van der Waals surface area contributed by atoms with E-state index in [-0.39, 0.29) is 29.4 Å². The Bertz CT molecular complexity index is 507. The Morgan fingerprint density at radius 2 is 1.95 bits per heavy atom. The summed E-state index contributed by atoms with van der Waals surface area (Å²) in [5, 5.41) is 3.53. The summed E-state index contributed by atoms with van der Waals surface area (Å²) in [5.74, 6) is 0.672. The number of amides is 1. The molecule has 1 N–H and O–H groups in total. The van der Waals surface area contributed by atoms with Crippen LogP contribution in [0.25, 0.3) is 0 Å². The summed E-state index contributed by atoms with van der Waals surface area (Å²) < 4.78 is 23.1. The Morgan fingerprint density at radius 3 is 2.45 bits per heavy atom. The molecule has 0 bridgehead atoms. The predicted molar refractivity (Wildman–Crippen MR) is 76.9 cm³/mol. The molecule has 3 fully saturated rings. The van der Waals surface area contributed by atoms with E-state index in [2.05, 4.69) is 5.32 Å². The topological polar surface area (TPSA) is 66.5 Å². The highest BCUT2D eigenvalue weighted by atomic mass is 32.2. The van der Waals surface area contributed by atoms with Gasteiger partial charge in [0.2, 0.25) is 5.91 Å². The Morgan fingerprint density at radius 1 is 1.35 bits per heavy atom. The molecule has 1 spiro atoms. The molecule has 2 saturated carbocycles. The zero-order chi connectivity index (χ0) is 14.5. The van der Waals surface area contributed by atoms with Crippen LogP contribution >= 0.6 is 0 Å². The fraction of sp³-hybridized carbons (Fsp3) is 0.929. The van der Waals surface area contributed by atoms with Gasteiger partial charge in [-0.1, -0.05) is 12.8 Å². The third kappa shape index (κ3) is 2.48. The highest BCUT2D eigenvalue weighted by molar-refractivity contribution is 7.90. The van der Waals surface area contributed by atoms with E-state index in [0.29, 0.717) is 5.92 Å². The first-order valence-corrected chi connectivity index (χ1v) is 9.67. The molecule has 20 heavy (non-hydrogen) atoms. The van der Waals surface area contributed by atoms with Crippen LogP contribution in [0.15, 0.2) is 0 Å². The van der Waals surface area contributed by atoms with Gasteiger partial charge in [0.1, 0.15) is 9.84 Å². The number of nitrogens with zero attached hydrogens (tertiary/aromatic N) is 1. The van der Waals surface area contributed by atoms with Crippen molar-refractivity contribution in [3.8, 4) is 0 Å². The lowest BCUT2D eigenvalue weighted by molar-refractivity contribution is -0.132. The molecule has 114 valence electrons. The molecule has 5 nitrogen and oxygen atoms in total. The zero-order valence-corrected chi connectivity index (χ0v) is 13.1. The molecular weight excluding hydrogens is 276 g/mol. The monoisotopic (exact) mass is 300 g/mol. The molecule has 1 heterocycles. The van der Waals surface area contributed by atoms with Gasteiger partial charge in [0, 0.05) is 12.3 Å². The van der Waals surface area contributed by atoms with Crippen molar-refractivity contribution < 1.29 is 13.2 Å². The molecule has 1 saturated heterocycles. The van der Waals surface area contributed by atoms with Gasteiger partial charge in [-0.3, -0.25) is 10.1 Å². The molecule has 0 aromatic rings. The predicted octanol–water partition coefficient (Wildman–Crippen LogP) is 0.900. The van der Waals surface area contributed by atoms with Crippen molar-refractivity contribution in [2.75, 3.05) is 12.0 Å². The molecule has 1 amide bonds. The maximum Gasteiger partial charge on any atom is 0.244 e.